The van der Waals surface area contributed by atoms with Crippen molar-refractivity contribution in [1.82, 2.24) is 5.32 Å². The van der Waals surface area contributed by atoms with Crippen LogP contribution in [-0.2, 0) is 4.79 Å². The van der Waals surface area contributed by atoms with Gasteiger partial charge in [-0.2, -0.15) is 11.3 Å². The highest BCUT2D eigenvalue weighted by molar-refractivity contribution is 7.07. The van der Waals surface area contributed by atoms with Crippen LogP contribution in [0.3, 0.4) is 0 Å². The number of fused-ring (bicyclic) bond motifs is 1. The Morgan fingerprint density at radius 1 is 1.13 bits per heavy atom. The van der Waals surface area contributed by atoms with Crippen LogP contribution < -0.4 is 5.32 Å². The maximum atomic E-state index is 12.3. The molecule has 2 unspecified atom stereocenters. The molecule has 3 nitrogen and oxygen atoms in total. The minimum absolute atomic E-state index is 0.0745. The molecule has 0 fully saturated rings. The molecule has 0 saturated heterocycles. The van der Waals surface area contributed by atoms with Crippen LogP contribution in [-0.4, -0.2) is 17.6 Å². The summed E-state index contributed by atoms with van der Waals surface area (Å²) in [6.07, 6.45) is -0.658. The highest BCUT2D eigenvalue weighted by Gasteiger charge is 2.17. The van der Waals surface area contributed by atoms with Crippen molar-refractivity contribution in [1.29, 1.82) is 0 Å². The van der Waals surface area contributed by atoms with E-state index < -0.39 is 6.10 Å². The highest BCUT2D eigenvalue weighted by atomic mass is 32.1. The van der Waals surface area contributed by atoms with E-state index in [4.69, 9.17) is 0 Å². The van der Waals surface area contributed by atoms with Crippen molar-refractivity contribution in [3.05, 3.63) is 70.4 Å². The van der Waals surface area contributed by atoms with Gasteiger partial charge in [-0.25, -0.2) is 0 Å². The first kappa shape index (κ1) is 15.7. The van der Waals surface area contributed by atoms with Crippen molar-refractivity contribution < 1.29 is 9.90 Å². The number of amides is 1. The maximum Gasteiger partial charge on any atom is 0.227 e. The molecule has 0 radical (unpaired) electrons. The number of nitrogens with one attached hydrogen (secondary N) is 1. The summed E-state index contributed by atoms with van der Waals surface area (Å²) in [6, 6.07) is 16.0. The molecular formula is C19H19NO2S. The average molecular weight is 325 g/mol. The van der Waals surface area contributed by atoms with Gasteiger partial charge in [0, 0.05) is 6.54 Å². The Balaban J connectivity index is 1.66. The van der Waals surface area contributed by atoms with Crippen molar-refractivity contribution in [3.63, 3.8) is 0 Å². The standard InChI is InChI=1S/C19H19NO2S/c1-13(15-7-6-14-4-2-3-5-16(14)10-15)19(22)20-11-18(21)17-8-9-23-12-17/h2-10,12-13,18,21H,11H2,1H3,(H,20,22). The number of carbonyl (C=O) groups excluding carboxylic acids is 1. The highest BCUT2D eigenvalue weighted by Crippen LogP contribution is 2.22. The molecule has 2 atom stereocenters. The second-order valence-electron chi connectivity index (χ2n) is 5.65. The van der Waals surface area contributed by atoms with E-state index in [9.17, 15) is 9.90 Å². The van der Waals surface area contributed by atoms with Gasteiger partial charge in [0.05, 0.1) is 12.0 Å². The Morgan fingerprint density at radius 2 is 1.91 bits per heavy atom. The molecule has 23 heavy (non-hydrogen) atoms. The van der Waals surface area contributed by atoms with E-state index >= 15 is 0 Å². The summed E-state index contributed by atoms with van der Waals surface area (Å²) >= 11 is 1.53. The number of aliphatic hydroxyl groups is 1. The van der Waals surface area contributed by atoms with Gasteiger partial charge in [0.2, 0.25) is 5.91 Å². The third kappa shape index (κ3) is 3.60. The van der Waals surface area contributed by atoms with Crippen LogP contribution in [0.4, 0.5) is 0 Å². The quantitative estimate of drug-likeness (QED) is 0.748. The Labute approximate surface area is 139 Å². The third-order valence-electron chi connectivity index (χ3n) is 4.06. The molecule has 3 rings (SSSR count). The van der Waals surface area contributed by atoms with Gasteiger partial charge in [0.25, 0.3) is 0 Å². The van der Waals surface area contributed by atoms with E-state index in [0.717, 1.165) is 21.9 Å². The summed E-state index contributed by atoms with van der Waals surface area (Å²) in [5.74, 6) is -0.330. The number of thiophene rings is 1. The molecule has 2 N–H and O–H groups in total. The van der Waals surface area contributed by atoms with Crippen molar-refractivity contribution in [2.24, 2.45) is 0 Å². The maximum absolute atomic E-state index is 12.3. The molecule has 0 saturated carbocycles. The first-order chi connectivity index (χ1) is 11.1. The van der Waals surface area contributed by atoms with Gasteiger partial charge in [0.15, 0.2) is 0 Å². The summed E-state index contributed by atoms with van der Waals surface area (Å²) in [5, 5.41) is 19.0. The largest absolute Gasteiger partial charge is 0.387 e. The molecule has 0 aliphatic rings. The molecule has 0 aliphatic heterocycles. The van der Waals surface area contributed by atoms with E-state index in [1.807, 2.05) is 54.1 Å². The Morgan fingerprint density at radius 3 is 2.65 bits per heavy atom. The van der Waals surface area contributed by atoms with Gasteiger partial charge in [-0.3, -0.25) is 4.79 Å². The smallest absolute Gasteiger partial charge is 0.227 e. The molecular weight excluding hydrogens is 306 g/mol. The van der Waals surface area contributed by atoms with E-state index in [0.29, 0.717) is 0 Å². The number of carbonyl (C=O) groups is 1. The van der Waals surface area contributed by atoms with E-state index in [1.54, 1.807) is 0 Å². The molecule has 4 heteroatoms. The predicted molar refractivity (Wildman–Crippen MR) is 94.7 cm³/mol. The molecule has 2 aromatic carbocycles. The number of aliphatic hydroxyl groups excluding tert-OH is 1. The van der Waals surface area contributed by atoms with E-state index in [-0.39, 0.29) is 18.4 Å². The van der Waals surface area contributed by atoms with Crippen LogP contribution in [0.5, 0.6) is 0 Å². The normalized spacial score (nSPS) is 13.7. The zero-order valence-corrected chi connectivity index (χ0v) is 13.7. The minimum atomic E-state index is -0.658. The van der Waals surface area contributed by atoms with Crippen LogP contribution in [0.15, 0.2) is 59.3 Å². The number of hydrogen-bond donors (Lipinski definition) is 2. The lowest BCUT2D eigenvalue weighted by Crippen LogP contribution is -2.31. The first-order valence-corrected chi connectivity index (χ1v) is 8.56. The van der Waals surface area contributed by atoms with Gasteiger partial charge >= 0.3 is 0 Å². The van der Waals surface area contributed by atoms with Gasteiger partial charge < -0.3 is 10.4 Å². The van der Waals surface area contributed by atoms with Crippen molar-refractivity contribution in [3.8, 4) is 0 Å². The molecule has 0 bridgehead atoms. The number of benzene rings is 2. The Bertz CT molecular complexity index is 798. The van der Waals surface area contributed by atoms with Gasteiger partial charge in [0.1, 0.15) is 0 Å². The summed E-state index contributed by atoms with van der Waals surface area (Å²) in [5.41, 5.74) is 1.82. The van der Waals surface area contributed by atoms with Gasteiger partial charge in [-0.15, -0.1) is 0 Å². The molecule has 118 valence electrons. The van der Waals surface area contributed by atoms with Crippen molar-refractivity contribution in [2.75, 3.05) is 6.54 Å². The van der Waals surface area contributed by atoms with Crippen LogP contribution in [0.2, 0.25) is 0 Å². The van der Waals surface area contributed by atoms with Crippen LogP contribution in [0.25, 0.3) is 10.8 Å². The van der Waals surface area contributed by atoms with Crippen molar-refractivity contribution in [2.45, 2.75) is 18.9 Å². The first-order valence-electron chi connectivity index (χ1n) is 7.61. The second kappa shape index (κ2) is 6.94. The van der Waals surface area contributed by atoms with Crippen molar-refractivity contribution >= 4 is 28.0 Å². The topological polar surface area (TPSA) is 49.3 Å². The zero-order valence-electron chi connectivity index (χ0n) is 12.9. The predicted octanol–water partition coefficient (Wildman–Crippen LogP) is 3.85. The van der Waals surface area contributed by atoms with Crippen LogP contribution in [0.1, 0.15) is 30.1 Å². The van der Waals surface area contributed by atoms with E-state index in [2.05, 4.69) is 17.4 Å². The average Bonchev–Trinajstić information content (AvgIpc) is 3.13. The van der Waals surface area contributed by atoms with Crippen LogP contribution >= 0.6 is 11.3 Å². The molecule has 1 heterocycles. The van der Waals surface area contributed by atoms with Crippen LogP contribution in [0, 0.1) is 0 Å². The van der Waals surface area contributed by atoms with Gasteiger partial charge in [-0.1, -0.05) is 42.5 Å². The summed E-state index contributed by atoms with van der Waals surface area (Å²) in [7, 11) is 0. The summed E-state index contributed by atoms with van der Waals surface area (Å²) in [4.78, 5) is 12.3. The Kier molecular flexibility index (Phi) is 4.74. The van der Waals surface area contributed by atoms with Gasteiger partial charge in [-0.05, 0) is 45.6 Å². The monoisotopic (exact) mass is 325 g/mol. The molecule has 1 aromatic heterocycles. The second-order valence-corrected chi connectivity index (χ2v) is 6.43. The molecule has 0 aliphatic carbocycles. The number of hydrogen-bond acceptors (Lipinski definition) is 3. The fourth-order valence-electron chi connectivity index (χ4n) is 2.56. The SMILES string of the molecule is CC(C(=O)NCC(O)c1ccsc1)c1ccc2ccccc2c1. The summed E-state index contributed by atoms with van der Waals surface area (Å²) < 4.78 is 0. The third-order valence-corrected chi connectivity index (χ3v) is 4.77. The fraction of sp³-hybridized carbons (Fsp3) is 0.211. The van der Waals surface area contributed by atoms with E-state index in [1.165, 1.54) is 11.3 Å². The summed E-state index contributed by atoms with van der Waals surface area (Å²) in [6.45, 7) is 2.11. The lowest BCUT2D eigenvalue weighted by molar-refractivity contribution is -0.122. The molecule has 0 spiro atoms. The lowest BCUT2D eigenvalue weighted by atomic mass is 9.97. The zero-order chi connectivity index (χ0) is 16.2. The molecule has 1 amide bonds. The number of rotatable bonds is 5. The lowest BCUT2D eigenvalue weighted by Gasteiger charge is -2.15. The minimum Gasteiger partial charge on any atom is -0.387 e. The Hall–Kier alpha value is -2.17. The fourth-order valence-corrected chi connectivity index (χ4v) is 3.27. The molecule has 3 aromatic rings.